The summed E-state index contributed by atoms with van der Waals surface area (Å²) in [6.45, 7) is 11.2. The van der Waals surface area contributed by atoms with Crippen molar-refractivity contribution in [3.63, 3.8) is 0 Å². The fourth-order valence-electron chi connectivity index (χ4n) is 8.91. The number of hydrogen-bond acceptors (Lipinski definition) is 8. The summed E-state index contributed by atoms with van der Waals surface area (Å²) in [6.07, 6.45) is 2.38. The second kappa shape index (κ2) is 17.7. The van der Waals surface area contributed by atoms with Crippen molar-refractivity contribution in [1.29, 1.82) is 0 Å². The molecule has 6 rings (SSSR count). The molecule has 0 aliphatic carbocycles. The number of aliphatic hydroxyl groups excluding tert-OH is 1. The number of aliphatic hydroxyl groups is 1. The molecule has 0 saturated carbocycles. The molecule has 3 aromatic rings. The first-order chi connectivity index (χ1) is 27.0. The average molecular weight is 829 g/mol. The van der Waals surface area contributed by atoms with Crippen LogP contribution >= 0.6 is 15.9 Å². The van der Waals surface area contributed by atoms with Crippen molar-refractivity contribution in [2.24, 2.45) is 11.8 Å². The van der Waals surface area contributed by atoms with Gasteiger partial charge in [-0.15, -0.1) is 13.2 Å². The van der Waals surface area contributed by atoms with Crippen molar-refractivity contribution in [2.45, 2.75) is 73.9 Å². The lowest BCUT2D eigenvalue weighted by Crippen LogP contribution is -2.58. The molecule has 2 bridgehead atoms. The van der Waals surface area contributed by atoms with Crippen LogP contribution in [-0.2, 0) is 33.4 Å². The standard InChI is InChI=1S/C44H50BrN3O8/c1-6-8-22-34(50)46-32(26-54-5)38(30-20-13-10-14-21-30)55-43(53)35-36-41(51)48(33(25-49)29-18-11-9-12-19-29)40(44(36)24-31(45)39(35)56-44)42(52)47(23-7-2)37-27(3)16-15-17-28(37)4/h6-7,9-21,31-33,35-36,38-40,49H,1-2,8,22-26H2,3-5H3,(H,46,50)/t31?,32-,33+,35+,36-,38-,39+,40+,44-/m0/s1. The number of fused-ring (bicyclic) bond motifs is 1. The normalized spacial score (nSPS) is 25.2. The number of alkyl halides is 1. The fourth-order valence-corrected chi connectivity index (χ4v) is 9.85. The Labute approximate surface area is 336 Å². The van der Waals surface area contributed by atoms with Gasteiger partial charge in [-0.05, 0) is 48.9 Å². The fraction of sp³-hybridized carbons (Fsp3) is 0.409. The van der Waals surface area contributed by atoms with Crippen LogP contribution in [0, 0.1) is 25.7 Å². The summed E-state index contributed by atoms with van der Waals surface area (Å²) in [4.78, 5) is 61.1. The highest BCUT2D eigenvalue weighted by atomic mass is 79.9. The third kappa shape index (κ3) is 7.59. The Bertz CT molecular complexity index is 1910. The van der Waals surface area contributed by atoms with Gasteiger partial charge in [-0.1, -0.05) is 107 Å². The predicted octanol–water partition coefficient (Wildman–Crippen LogP) is 5.69. The van der Waals surface area contributed by atoms with Gasteiger partial charge in [-0.25, -0.2) is 0 Å². The number of methoxy groups -OCH3 is 1. The van der Waals surface area contributed by atoms with E-state index in [9.17, 15) is 14.7 Å². The Morgan fingerprint density at radius 2 is 1.66 bits per heavy atom. The summed E-state index contributed by atoms with van der Waals surface area (Å²) in [5.74, 6) is -4.12. The minimum absolute atomic E-state index is 0.0295. The molecule has 2 N–H and O–H groups in total. The first-order valence-corrected chi connectivity index (χ1v) is 19.9. The molecule has 3 aliphatic heterocycles. The summed E-state index contributed by atoms with van der Waals surface area (Å²) in [7, 11) is 1.50. The number of hydrogen-bond donors (Lipinski definition) is 2. The van der Waals surface area contributed by atoms with Crippen molar-refractivity contribution in [2.75, 3.05) is 31.8 Å². The van der Waals surface area contributed by atoms with Gasteiger partial charge in [0.1, 0.15) is 17.7 Å². The molecule has 3 saturated heterocycles. The number of rotatable bonds is 17. The van der Waals surface area contributed by atoms with Gasteiger partial charge in [-0.3, -0.25) is 19.2 Å². The number of halogens is 1. The smallest absolute Gasteiger partial charge is 0.313 e. The number of para-hydroxylation sites is 1. The highest BCUT2D eigenvalue weighted by Gasteiger charge is 2.78. The zero-order valence-electron chi connectivity index (χ0n) is 32.0. The maximum atomic E-state index is 15.4. The number of allylic oxidation sites excluding steroid dienone is 1. The molecule has 3 aliphatic rings. The van der Waals surface area contributed by atoms with Gasteiger partial charge in [0.15, 0.2) is 0 Å². The molecule has 296 valence electrons. The van der Waals surface area contributed by atoms with Gasteiger partial charge in [-0.2, -0.15) is 0 Å². The van der Waals surface area contributed by atoms with Crippen LogP contribution < -0.4 is 10.2 Å². The lowest BCUT2D eigenvalue weighted by molar-refractivity contribution is -0.163. The van der Waals surface area contributed by atoms with E-state index in [2.05, 4.69) is 34.4 Å². The number of carbonyl (C=O) groups excluding carboxylic acids is 4. The summed E-state index contributed by atoms with van der Waals surface area (Å²) < 4.78 is 18.8. The van der Waals surface area contributed by atoms with E-state index in [0.29, 0.717) is 23.2 Å². The molecular weight excluding hydrogens is 778 g/mol. The Morgan fingerprint density at radius 3 is 2.25 bits per heavy atom. The number of carbonyl (C=O) groups is 4. The number of anilines is 1. The molecule has 1 spiro atoms. The molecule has 3 heterocycles. The van der Waals surface area contributed by atoms with Crippen LogP contribution in [0.25, 0.3) is 0 Å². The Morgan fingerprint density at radius 1 is 1.02 bits per heavy atom. The van der Waals surface area contributed by atoms with E-state index in [1.165, 1.54) is 12.0 Å². The third-order valence-corrected chi connectivity index (χ3v) is 12.1. The van der Waals surface area contributed by atoms with Gasteiger partial charge in [0.25, 0.3) is 5.91 Å². The molecule has 56 heavy (non-hydrogen) atoms. The van der Waals surface area contributed by atoms with Crippen LogP contribution in [0.4, 0.5) is 5.69 Å². The number of ether oxygens (including phenoxy) is 3. The molecule has 3 aromatic carbocycles. The number of nitrogens with one attached hydrogen (secondary N) is 1. The number of benzene rings is 3. The van der Waals surface area contributed by atoms with E-state index in [1.807, 2.05) is 68.4 Å². The second-order valence-corrected chi connectivity index (χ2v) is 15.9. The number of likely N-dealkylation sites (tertiary alicyclic amines) is 1. The Hall–Kier alpha value is -4.62. The molecule has 0 aromatic heterocycles. The van der Waals surface area contributed by atoms with E-state index in [-0.39, 0.29) is 31.9 Å². The van der Waals surface area contributed by atoms with Crippen LogP contribution in [0.1, 0.15) is 53.7 Å². The minimum atomic E-state index is -1.46. The summed E-state index contributed by atoms with van der Waals surface area (Å²) >= 11 is 3.77. The molecule has 1 unspecified atom stereocenters. The summed E-state index contributed by atoms with van der Waals surface area (Å²) in [5, 5.41) is 14.0. The zero-order chi connectivity index (χ0) is 40.1. The van der Waals surface area contributed by atoms with E-state index < -0.39 is 77.0 Å². The van der Waals surface area contributed by atoms with Gasteiger partial charge < -0.3 is 34.4 Å². The molecule has 12 heteroatoms. The summed E-state index contributed by atoms with van der Waals surface area (Å²) in [5.41, 5.74) is 2.19. The highest BCUT2D eigenvalue weighted by Crippen LogP contribution is 2.62. The quantitative estimate of drug-likeness (QED) is 0.101. The van der Waals surface area contributed by atoms with Crippen LogP contribution in [0.5, 0.6) is 0 Å². The van der Waals surface area contributed by atoms with Gasteiger partial charge >= 0.3 is 5.97 Å². The van der Waals surface area contributed by atoms with E-state index >= 15 is 9.59 Å². The van der Waals surface area contributed by atoms with Crippen molar-refractivity contribution in [1.82, 2.24) is 10.2 Å². The first kappa shape index (κ1) is 41.0. The Kier molecular flexibility index (Phi) is 12.9. The van der Waals surface area contributed by atoms with Gasteiger partial charge in [0.2, 0.25) is 11.8 Å². The Balaban J connectivity index is 1.44. The minimum Gasteiger partial charge on any atom is -0.455 e. The van der Waals surface area contributed by atoms with Gasteiger partial charge in [0, 0.05) is 30.6 Å². The number of aryl methyl sites for hydroxylation is 2. The van der Waals surface area contributed by atoms with Crippen LogP contribution in [0.2, 0.25) is 0 Å². The number of esters is 1. The van der Waals surface area contributed by atoms with E-state index in [1.54, 1.807) is 41.3 Å². The molecule has 3 fully saturated rings. The van der Waals surface area contributed by atoms with E-state index in [0.717, 1.165) is 11.1 Å². The van der Waals surface area contributed by atoms with Crippen LogP contribution in [0.15, 0.2) is 104 Å². The number of nitrogens with zero attached hydrogens (tertiary/aromatic N) is 2. The maximum absolute atomic E-state index is 15.4. The average Bonchev–Trinajstić information content (AvgIpc) is 3.79. The molecule has 3 amide bonds. The highest BCUT2D eigenvalue weighted by molar-refractivity contribution is 9.09. The van der Waals surface area contributed by atoms with Crippen molar-refractivity contribution >= 4 is 45.3 Å². The predicted molar refractivity (Wildman–Crippen MR) is 216 cm³/mol. The maximum Gasteiger partial charge on any atom is 0.313 e. The lowest BCUT2D eigenvalue weighted by atomic mass is 9.70. The topological polar surface area (TPSA) is 135 Å². The molecular formula is C44H50BrN3O8. The first-order valence-electron chi connectivity index (χ1n) is 19.0. The molecule has 9 atom stereocenters. The molecule has 0 radical (unpaired) electrons. The van der Waals surface area contributed by atoms with E-state index in [4.69, 9.17) is 14.2 Å². The lowest BCUT2D eigenvalue weighted by Gasteiger charge is -2.40. The largest absolute Gasteiger partial charge is 0.455 e. The van der Waals surface area contributed by atoms with Crippen molar-refractivity contribution in [3.05, 3.63) is 126 Å². The monoisotopic (exact) mass is 827 g/mol. The second-order valence-electron chi connectivity index (χ2n) is 14.7. The number of amides is 3. The summed E-state index contributed by atoms with van der Waals surface area (Å²) in [6, 6.07) is 20.9. The van der Waals surface area contributed by atoms with Crippen molar-refractivity contribution in [3.8, 4) is 0 Å². The van der Waals surface area contributed by atoms with Gasteiger partial charge in [0.05, 0.1) is 43.2 Å². The SMILES string of the molecule is C=CCCC(=O)N[C@@H](COC)[C@@H](OC(=O)[C@H]1[C@@H]2O[C@@]3(CC2Br)[C@@H]1C(=O)N([C@H](CO)c1ccccc1)[C@@H]3C(=O)N(CC=C)c1c(C)cccc1C)c1ccccc1. The van der Waals surface area contributed by atoms with Crippen molar-refractivity contribution < 1.29 is 38.5 Å². The van der Waals surface area contributed by atoms with Crippen LogP contribution in [0.3, 0.4) is 0 Å². The third-order valence-electron chi connectivity index (χ3n) is 11.2. The van der Waals surface area contributed by atoms with Crippen LogP contribution in [-0.4, -0.2) is 89.2 Å². The molecule has 11 nitrogen and oxygen atoms in total. The zero-order valence-corrected chi connectivity index (χ0v) is 33.6.